The van der Waals surface area contributed by atoms with Crippen molar-refractivity contribution < 1.29 is 13.9 Å². The second-order valence-corrected chi connectivity index (χ2v) is 13.7. The van der Waals surface area contributed by atoms with Gasteiger partial charge in [0.2, 0.25) is 0 Å². The minimum absolute atomic E-state index is 0.0359. The Balaban J connectivity index is 1.93. The smallest absolute Gasteiger partial charge is 0.273 e. The highest BCUT2D eigenvalue weighted by molar-refractivity contribution is 6.74. The van der Waals surface area contributed by atoms with Crippen LogP contribution in [0, 0.1) is 0 Å². The second-order valence-electron chi connectivity index (χ2n) is 9.02. The number of benzene rings is 1. The lowest BCUT2D eigenvalue weighted by Gasteiger charge is -2.37. The number of nitrogens with one attached hydrogen (secondary N) is 1. The topological polar surface area (TPSA) is 78.4 Å². The molecule has 0 atom stereocenters. The Kier molecular flexibility index (Phi) is 6.64. The van der Waals surface area contributed by atoms with Gasteiger partial charge in [-0.1, -0.05) is 32.9 Å². The Labute approximate surface area is 189 Å². The van der Waals surface area contributed by atoms with E-state index in [1.54, 1.807) is 32.5 Å². The zero-order valence-electron chi connectivity index (χ0n) is 19.7. The first kappa shape index (κ1) is 23.4. The van der Waals surface area contributed by atoms with Gasteiger partial charge in [-0.05, 0) is 54.0 Å². The maximum Gasteiger partial charge on any atom is 0.273 e. The lowest BCUT2D eigenvalue weighted by Crippen LogP contribution is -2.44. The van der Waals surface area contributed by atoms with E-state index in [9.17, 15) is 4.79 Å². The zero-order valence-corrected chi connectivity index (χ0v) is 20.7. The fourth-order valence-corrected chi connectivity index (χ4v) is 3.86. The van der Waals surface area contributed by atoms with Crippen molar-refractivity contribution in [2.45, 2.75) is 38.9 Å². The number of rotatable bonds is 7. The van der Waals surface area contributed by atoms with Crippen LogP contribution < -0.4 is 19.5 Å². The standard InChI is InChI=1S/C24H31N3O4Si/c1-24(2,3)32(6,7)31-23-19(29-4)14-17(15-20(23)30-5)11-12-18-16-22(28)27(26-18)21-10-8-9-13-25-21/h8-16,26H,1-7H3. The van der Waals surface area contributed by atoms with E-state index >= 15 is 0 Å². The van der Waals surface area contributed by atoms with Crippen LogP contribution >= 0.6 is 0 Å². The van der Waals surface area contributed by atoms with Gasteiger partial charge in [0.1, 0.15) is 0 Å². The number of hydrogen-bond acceptors (Lipinski definition) is 5. The fourth-order valence-electron chi connectivity index (χ4n) is 2.85. The number of pyridine rings is 1. The quantitative estimate of drug-likeness (QED) is 0.502. The molecule has 0 aliphatic heterocycles. The van der Waals surface area contributed by atoms with E-state index in [4.69, 9.17) is 13.9 Å². The van der Waals surface area contributed by atoms with Crippen LogP contribution in [0.4, 0.5) is 0 Å². The van der Waals surface area contributed by atoms with Crippen LogP contribution in [-0.4, -0.2) is 37.3 Å². The van der Waals surface area contributed by atoms with Crippen LogP contribution in [0.2, 0.25) is 18.1 Å². The molecule has 0 aliphatic carbocycles. The molecule has 0 bridgehead atoms. The molecule has 0 fully saturated rings. The molecule has 0 saturated carbocycles. The Bertz CT molecular complexity index is 1130. The van der Waals surface area contributed by atoms with Crippen molar-refractivity contribution in [2.75, 3.05) is 14.2 Å². The molecule has 2 aromatic heterocycles. The second kappa shape index (κ2) is 9.08. The highest BCUT2D eigenvalue weighted by Gasteiger charge is 2.40. The van der Waals surface area contributed by atoms with E-state index in [1.165, 1.54) is 10.7 Å². The molecule has 1 aromatic carbocycles. The van der Waals surface area contributed by atoms with Gasteiger partial charge in [-0.2, -0.15) is 0 Å². The Morgan fingerprint density at radius 3 is 2.22 bits per heavy atom. The van der Waals surface area contributed by atoms with Crippen LogP contribution in [0.3, 0.4) is 0 Å². The van der Waals surface area contributed by atoms with Crippen molar-refractivity contribution in [3.63, 3.8) is 0 Å². The third-order valence-electron chi connectivity index (χ3n) is 5.72. The van der Waals surface area contributed by atoms with Gasteiger partial charge in [-0.15, -0.1) is 0 Å². The molecule has 7 nitrogen and oxygen atoms in total. The molecule has 32 heavy (non-hydrogen) atoms. The fraction of sp³-hybridized carbons (Fsp3) is 0.333. The zero-order chi connectivity index (χ0) is 23.5. The van der Waals surface area contributed by atoms with Crippen LogP contribution in [-0.2, 0) is 0 Å². The van der Waals surface area contributed by atoms with Gasteiger partial charge >= 0.3 is 0 Å². The summed E-state index contributed by atoms with van der Waals surface area (Å²) in [5.74, 6) is 2.36. The van der Waals surface area contributed by atoms with Crippen molar-refractivity contribution in [1.82, 2.24) is 14.8 Å². The third-order valence-corrected chi connectivity index (χ3v) is 10.0. The molecule has 3 rings (SSSR count). The molecule has 0 unspecified atom stereocenters. The van der Waals surface area contributed by atoms with Gasteiger partial charge in [-0.3, -0.25) is 9.89 Å². The third kappa shape index (κ3) is 4.96. The van der Waals surface area contributed by atoms with Gasteiger partial charge in [0.05, 0.1) is 19.9 Å². The lowest BCUT2D eigenvalue weighted by molar-refractivity contribution is 0.354. The van der Waals surface area contributed by atoms with Gasteiger partial charge in [0, 0.05) is 12.3 Å². The maximum absolute atomic E-state index is 12.3. The van der Waals surface area contributed by atoms with E-state index < -0.39 is 8.32 Å². The predicted molar refractivity (Wildman–Crippen MR) is 130 cm³/mol. The Morgan fingerprint density at radius 1 is 1.03 bits per heavy atom. The number of H-pyrrole nitrogens is 1. The summed E-state index contributed by atoms with van der Waals surface area (Å²) >= 11 is 0. The van der Waals surface area contributed by atoms with E-state index in [0.29, 0.717) is 28.8 Å². The summed E-state index contributed by atoms with van der Waals surface area (Å²) < 4.78 is 19.2. The van der Waals surface area contributed by atoms with Gasteiger partial charge < -0.3 is 13.9 Å². The Morgan fingerprint density at radius 2 is 1.69 bits per heavy atom. The summed E-state index contributed by atoms with van der Waals surface area (Å²) in [5.41, 5.74) is 1.32. The number of ether oxygens (including phenoxy) is 2. The van der Waals surface area contributed by atoms with Crippen molar-refractivity contribution in [3.8, 4) is 23.1 Å². The number of hydrogen-bond donors (Lipinski definition) is 1. The van der Waals surface area contributed by atoms with Crippen molar-refractivity contribution >= 4 is 20.5 Å². The first-order valence-electron chi connectivity index (χ1n) is 10.4. The molecular formula is C24H31N3O4Si. The molecule has 1 N–H and O–H groups in total. The molecule has 170 valence electrons. The summed E-state index contributed by atoms with van der Waals surface area (Å²) in [4.78, 5) is 16.5. The summed E-state index contributed by atoms with van der Waals surface area (Å²) in [7, 11) is 1.14. The van der Waals surface area contributed by atoms with E-state index in [2.05, 4.69) is 43.9 Å². The van der Waals surface area contributed by atoms with Gasteiger partial charge in [0.15, 0.2) is 23.1 Å². The number of aromatic nitrogens is 3. The van der Waals surface area contributed by atoms with Crippen molar-refractivity contribution in [2.24, 2.45) is 0 Å². The normalized spacial score (nSPS) is 12.2. The predicted octanol–water partition coefficient (Wildman–Crippen LogP) is 5.13. The van der Waals surface area contributed by atoms with E-state index in [1.807, 2.05) is 30.4 Å². The highest BCUT2D eigenvalue weighted by Crippen LogP contribution is 2.45. The first-order valence-corrected chi connectivity index (χ1v) is 13.3. The molecule has 0 radical (unpaired) electrons. The molecule has 8 heteroatoms. The number of methoxy groups -OCH3 is 2. The molecule has 3 aromatic rings. The number of aromatic amines is 1. The van der Waals surface area contributed by atoms with Crippen LogP contribution in [0.5, 0.6) is 17.2 Å². The monoisotopic (exact) mass is 453 g/mol. The van der Waals surface area contributed by atoms with Crippen molar-refractivity contribution in [3.05, 3.63) is 64.2 Å². The molecule has 2 heterocycles. The average Bonchev–Trinajstić information content (AvgIpc) is 3.12. The number of nitrogens with zero attached hydrogens (tertiary/aromatic N) is 2. The van der Waals surface area contributed by atoms with E-state index in [-0.39, 0.29) is 10.6 Å². The van der Waals surface area contributed by atoms with Crippen molar-refractivity contribution in [1.29, 1.82) is 0 Å². The molecular weight excluding hydrogens is 422 g/mol. The minimum Gasteiger partial charge on any atom is -0.539 e. The molecule has 0 amide bonds. The summed E-state index contributed by atoms with van der Waals surface area (Å²) in [6, 6.07) is 10.7. The van der Waals surface area contributed by atoms with Gasteiger partial charge in [-0.25, -0.2) is 9.67 Å². The van der Waals surface area contributed by atoms with E-state index in [0.717, 1.165) is 5.56 Å². The van der Waals surface area contributed by atoms with Gasteiger partial charge in [0.25, 0.3) is 13.9 Å². The van der Waals surface area contributed by atoms with Crippen LogP contribution in [0.25, 0.3) is 18.0 Å². The molecule has 0 aliphatic rings. The first-order chi connectivity index (χ1) is 15.1. The minimum atomic E-state index is -2.09. The summed E-state index contributed by atoms with van der Waals surface area (Å²) in [5, 5.41) is 3.09. The summed E-state index contributed by atoms with van der Waals surface area (Å²) in [6.07, 6.45) is 5.35. The molecule has 0 saturated heterocycles. The Hall–Kier alpha value is -3.26. The SMILES string of the molecule is COc1cc(C=Cc2cc(=O)n(-c3ccccn3)[nH]2)cc(OC)c1O[Si](C)(C)C(C)(C)C. The molecule has 0 spiro atoms. The average molecular weight is 454 g/mol. The maximum atomic E-state index is 12.3. The largest absolute Gasteiger partial charge is 0.539 e. The summed E-state index contributed by atoms with van der Waals surface area (Å²) in [6.45, 7) is 10.9. The lowest BCUT2D eigenvalue weighted by atomic mass is 10.1. The van der Waals surface area contributed by atoms with Crippen LogP contribution in [0.1, 0.15) is 32.0 Å². The highest BCUT2D eigenvalue weighted by atomic mass is 28.4. The van der Waals surface area contributed by atoms with Crippen LogP contribution in [0.15, 0.2) is 47.4 Å².